The highest BCUT2D eigenvalue weighted by Crippen LogP contribution is 2.37. The van der Waals surface area contributed by atoms with E-state index in [1.165, 1.54) is 16.4 Å². The molecule has 1 unspecified atom stereocenters. The topological polar surface area (TPSA) is 124 Å². The number of piperidine rings is 1. The average Bonchev–Trinajstić information content (AvgIpc) is 3.14. The molecule has 0 N–H and O–H groups in total. The maximum Gasteiger partial charge on any atom is 0.284 e. The van der Waals surface area contributed by atoms with Crippen molar-refractivity contribution in [1.29, 1.82) is 0 Å². The lowest BCUT2D eigenvalue weighted by Crippen LogP contribution is -2.39. The van der Waals surface area contributed by atoms with E-state index in [1.807, 2.05) is 6.92 Å². The molecule has 0 amide bonds. The van der Waals surface area contributed by atoms with E-state index in [-0.39, 0.29) is 21.4 Å². The molecule has 0 bridgehead atoms. The minimum atomic E-state index is -3.80. The summed E-state index contributed by atoms with van der Waals surface area (Å²) in [7, 11) is -2.04. The molecule has 2 aromatic heterocycles. The quantitative estimate of drug-likeness (QED) is 0.393. The molecule has 0 radical (unpaired) electrons. The molecule has 0 spiro atoms. The molecule has 32 heavy (non-hydrogen) atoms. The third kappa shape index (κ3) is 4.38. The van der Waals surface area contributed by atoms with Gasteiger partial charge in [0.2, 0.25) is 10.0 Å². The predicted molar refractivity (Wildman–Crippen MR) is 119 cm³/mol. The average molecular weight is 475 g/mol. The number of hydrogen-bond donors (Lipinski definition) is 0. The molecule has 10 nitrogen and oxygen atoms in total. The van der Waals surface area contributed by atoms with E-state index >= 15 is 0 Å². The van der Waals surface area contributed by atoms with Gasteiger partial charge in [-0.05, 0) is 54.8 Å². The summed E-state index contributed by atoms with van der Waals surface area (Å²) in [5.41, 5.74) is 0.531. The monoisotopic (exact) mass is 474 g/mol. The van der Waals surface area contributed by atoms with Crippen LogP contribution >= 0.6 is 11.8 Å². The van der Waals surface area contributed by atoms with Crippen LogP contribution in [0.25, 0.3) is 11.4 Å². The van der Waals surface area contributed by atoms with Gasteiger partial charge in [0, 0.05) is 44.2 Å². The molecular weight excluding hydrogens is 452 g/mol. The highest BCUT2D eigenvalue weighted by molar-refractivity contribution is 7.99. The highest BCUT2D eigenvalue weighted by atomic mass is 32.2. The fourth-order valence-corrected chi connectivity index (χ4v) is 6.15. The first kappa shape index (κ1) is 22.4. The van der Waals surface area contributed by atoms with Gasteiger partial charge in [-0.2, -0.15) is 4.31 Å². The van der Waals surface area contributed by atoms with E-state index in [0.29, 0.717) is 24.1 Å². The number of benzene rings is 1. The van der Waals surface area contributed by atoms with E-state index in [4.69, 9.17) is 0 Å². The van der Waals surface area contributed by atoms with Crippen molar-refractivity contribution >= 4 is 27.5 Å². The van der Waals surface area contributed by atoms with Crippen molar-refractivity contribution < 1.29 is 13.3 Å². The Morgan fingerprint density at radius 3 is 2.62 bits per heavy atom. The van der Waals surface area contributed by atoms with Gasteiger partial charge < -0.3 is 4.57 Å². The summed E-state index contributed by atoms with van der Waals surface area (Å²) >= 11 is 1.06. The third-order valence-corrected chi connectivity index (χ3v) is 8.32. The van der Waals surface area contributed by atoms with E-state index in [1.54, 1.807) is 36.1 Å². The van der Waals surface area contributed by atoms with Crippen LogP contribution < -0.4 is 0 Å². The fraction of sp³-hybridized carbons (Fsp3) is 0.350. The van der Waals surface area contributed by atoms with Gasteiger partial charge in [-0.1, -0.05) is 6.92 Å². The van der Waals surface area contributed by atoms with Crippen LogP contribution in [0.4, 0.5) is 5.69 Å². The van der Waals surface area contributed by atoms with Crippen molar-refractivity contribution in [2.45, 2.75) is 34.7 Å². The van der Waals surface area contributed by atoms with E-state index < -0.39 is 14.9 Å². The molecule has 1 fully saturated rings. The fourth-order valence-electron chi connectivity index (χ4n) is 3.65. The molecule has 3 aromatic rings. The summed E-state index contributed by atoms with van der Waals surface area (Å²) in [5.74, 6) is 0.852. The van der Waals surface area contributed by atoms with Gasteiger partial charge in [0.1, 0.15) is 0 Å². The van der Waals surface area contributed by atoms with Gasteiger partial charge in [0.25, 0.3) is 5.69 Å². The van der Waals surface area contributed by atoms with E-state index in [2.05, 4.69) is 15.2 Å². The van der Waals surface area contributed by atoms with E-state index in [9.17, 15) is 18.5 Å². The minimum absolute atomic E-state index is 0.0712. The summed E-state index contributed by atoms with van der Waals surface area (Å²) in [5, 5.41) is 20.5. The Bertz CT molecular complexity index is 1250. The van der Waals surface area contributed by atoms with Gasteiger partial charge in [-0.15, -0.1) is 10.2 Å². The van der Waals surface area contributed by atoms with Crippen molar-refractivity contribution in [2.75, 3.05) is 13.1 Å². The zero-order valence-corrected chi connectivity index (χ0v) is 19.2. The Morgan fingerprint density at radius 2 is 1.94 bits per heavy atom. The van der Waals surface area contributed by atoms with Crippen LogP contribution in [-0.2, 0) is 17.1 Å². The molecule has 4 rings (SSSR count). The first-order valence-corrected chi connectivity index (χ1v) is 12.3. The SMILES string of the molecule is CC1CCCN(S(=O)(=O)c2ccc(Sc3nnc(-c4ccncc4)n3C)c([N+](=O)[O-])c2)C1. The van der Waals surface area contributed by atoms with Crippen molar-refractivity contribution in [2.24, 2.45) is 13.0 Å². The number of nitrogens with zero attached hydrogens (tertiary/aromatic N) is 6. The number of pyridine rings is 1. The molecule has 1 aliphatic rings. The van der Waals surface area contributed by atoms with Crippen LogP contribution in [0.3, 0.4) is 0 Å². The molecule has 1 saturated heterocycles. The lowest BCUT2D eigenvalue weighted by molar-refractivity contribution is -0.388. The van der Waals surface area contributed by atoms with Crippen molar-refractivity contribution in [3.05, 3.63) is 52.8 Å². The second-order valence-electron chi connectivity index (χ2n) is 7.70. The normalized spacial score (nSPS) is 17.4. The Hall–Kier alpha value is -2.83. The summed E-state index contributed by atoms with van der Waals surface area (Å²) in [6.07, 6.45) is 5.04. The number of nitro groups is 1. The summed E-state index contributed by atoms with van der Waals surface area (Å²) in [6, 6.07) is 7.61. The molecule has 3 heterocycles. The van der Waals surface area contributed by atoms with Crippen molar-refractivity contribution in [1.82, 2.24) is 24.1 Å². The van der Waals surface area contributed by atoms with Crippen LogP contribution in [0.2, 0.25) is 0 Å². The van der Waals surface area contributed by atoms with Gasteiger partial charge in [0.05, 0.1) is 14.7 Å². The lowest BCUT2D eigenvalue weighted by Gasteiger charge is -2.30. The molecule has 1 aromatic carbocycles. The zero-order valence-electron chi connectivity index (χ0n) is 17.6. The molecule has 0 aliphatic carbocycles. The van der Waals surface area contributed by atoms with Gasteiger partial charge >= 0.3 is 0 Å². The zero-order chi connectivity index (χ0) is 22.9. The first-order valence-electron chi connectivity index (χ1n) is 10.0. The lowest BCUT2D eigenvalue weighted by atomic mass is 10.0. The number of hydrogen-bond acceptors (Lipinski definition) is 8. The van der Waals surface area contributed by atoms with Crippen LogP contribution in [0.15, 0.2) is 57.7 Å². The Kier molecular flexibility index (Phi) is 6.26. The third-order valence-electron chi connectivity index (χ3n) is 5.36. The number of aromatic nitrogens is 4. The first-order chi connectivity index (χ1) is 15.3. The van der Waals surface area contributed by atoms with Gasteiger partial charge in [0.15, 0.2) is 11.0 Å². The van der Waals surface area contributed by atoms with Crippen molar-refractivity contribution in [3.63, 3.8) is 0 Å². The molecule has 1 atom stereocenters. The second kappa shape index (κ2) is 8.96. The largest absolute Gasteiger partial charge is 0.305 e. The highest BCUT2D eigenvalue weighted by Gasteiger charge is 2.31. The Balaban J connectivity index is 1.65. The molecule has 168 valence electrons. The molecular formula is C20H22N6O4S2. The van der Waals surface area contributed by atoms with Crippen molar-refractivity contribution in [3.8, 4) is 11.4 Å². The maximum atomic E-state index is 13.1. The second-order valence-corrected chi connectivity index (χ2v) is 10.6. The number of sulfonamides is 1. The predicted octanol–water partition coefficient (Wildman–Crippen LogP) is 3.36. The van der Waals surface area contributed by atoms with Gasteiger partial charge in [-0.25, -0.2) is 8.42 Å². The minimum Gasteiger partial charge on any atom is -0.305 e. The van der Waals surface area contributed by atoms with Crippen LogP contribution in [0, 0.1) is 16.0 Å². The molecule has 0 saturated carbocycles. The van der Waals surface area contributed by atoms with E-state index in [0.717, 1.165) is 36.2 Å². The Morgan fingerprint density at radius 1 is 1.19 bits per heavy atom. The summed E-state index contributed by atoms with van der Waals surface area (Å²) in [4.78, 5) is 15.4. The number of nitro benzene ring substituents is 1. The van der Waals surface area contributed by atoms with Crippen LogP contribution in [0.5, 0.6) is 0 Å². The number of rotatable bonds is 6. The van der Waals surface area contributed by atoms with Crippen LogP contribution in [-0.4, -0.2) is 50.5 Å². The standard InChI is InChI=1S/C20H22N6O4S2/c1-14-4-3-11-25(13-14)32(29,30)16-5-6-18(17(12-16)26(27)28)31-20-23-22-19(24(20)2)15-7-9-21-10-8-15/h5-10,12,14H,3-4,11,13H2,1-2H3. The molecule has 12 heteroatoms. The maximum absolute atomic E-state index is 13.1. The summed E-state index contributed by atoms with van der Waals surface area (Å²) < 4.78 is 29.3. The molecule has 1 aliphatic heterocycles. The van der Waals surface area contributed by atoms with Gasteiger partial charge in [-0.3, -0.25) is 15.1 Å². The smallest absolute Gasteiger partial charge is 0.284 e. The van der Waals surface area contributed by atoms with Crippen LogP contribution in [0.1, 0.15) is 19.8 Å². The summed E-state index contributed by atoms with van der Waals surface area (Å²) in [6.45, 7) is 2.85. The Labute approximate surface area is 189 Å².